The van der Waals surface area contributed by atoms with Gasteiger partial charge in [-0.25, -0.2) is 0 Å². The van der Waals surface area contributed by atoms with Gasteiger partial charge in [0.15, 0.2) is 0 Å². The Morgan fingerprint density at radius 1 is 0.947 bits per heavy atom. The Hall–Kier alpha value is -1.77. The molecule has 0 bridgehead atoms. The Morgan fingerprint density at radius 3 is 2.11 bits per heavy atom. The lowest BCUT2D eigenvalue weighted by Gasteiger charge is -2.12. The highest BCUT2D eigenvalue weighted by molar-refractivity contribution is 5.68. The summed E-state index contributed by atoms with van der Waals surface area (Å²) < 4.78 is 37.6. The van der Waals surface area contributed by atoms with E-state index in [0.717, 1.165) is 35.2 Å². The number of benzene rings is 2. The van der Waals surface area contributed by atoms with Crippen LogP contribution in [-0.4, -0.2) is 0 Å². The van der Waals surface area contributed by atoms with Crippen LogP contribution in [-0.2, 0) is 12.6 Å². The van der Waals surface area contributed by atoms with Gasteiger partial charge >= 0.3 is 6.18 Å². The molecule has 0 aliphatic heterocycles. The largest absolute Gasteiger partial charge is 0.416 e. The summed E-state index contributed by atoms with van der Waals surface area (Å²) >= 11 is 0. The molecule has 100 valence electrons. The number of alkyl halides is 3. The molecule has 0 saturated heterocycles. The van der Waals surface area contributed by atoms with Crippen LogP contribution in [0.3, 0.4) is 0 Å². The SMILES string of the molecule is CCc1cccc(-c2ccc(C(F)(F)F)cc2)c1C. The second-order valence-electron chi connectivity index (χ2n) is 4.52. The van der Waals surface area contributed by atoms with Crippen LogP contribution >= 0.6 is 0 Å². The summed E-state index contributed by atoms with van der Waals surface area (Å²) in [5, 5.41) is 0. The zero-order valence-corrected chi connectivity index (χ0v) is 10.9. The second kappa shape index (κ2) is 5.08. The van der Waals surface area contributed by atoms with E-state index in [1.807, 2.05) is 25.1 Å². The average molecular weight is 264 g/mol. The predicted molar refractivity (Wildman–Crippen MR) is 71.0 cm³/mol. The van der Waals surface area contributed by atoms with E-state index < -0.39 is 11.7 Å². The molecule has 0 atom stereocenters. The van der Waals surface area contributed by atoms with Crippen molar-refractivity contribution >= 4 is 0 Å². The normalized spacial score (nSPS) is 11.6. The number of hydrogen-bond donors (Lipinski definition) is 0. The molecular weight excluding hydrogens is 249 g/mol. The Kier molecular flexibility index (Phi) is 3.65. The summed E-state index contributed by atoms with van der Waals surface area (Å²) in [6.45, 7) is 4.07. The van der Waals surface area contributed by atoms with Gasteiger partial charge in [-0.15, -0.1) is 0 Å². The molecule has 0 N–H and O–H groups in total. The molecule has 0 nitrogen and oxygen atoms in total. The molecule has 0 heterocycles. The van der Waals surface area contributed by atoms with Gasteiger partial charge in [-0.2, -0.15) is 13.2 Å². The van der Waals surface area contributed by atoms with Crippen LogP contribution in [0.1, 0.15) is 23.6 Å². The van der Waals surface area contributed by atoms with Crippen molar-refractivity contribution in [3.8, 4) is 11.1 Å². The minimum atomic E-state index is -4.28. The third-order valence-corrected chi connectivity index (χ3v) is 3.35. The van der Waals surface area contributed by atoms with Crippen LogP contribution in [0.25, 0.3) is 11.1 Å². The lowest BCUT2D eigenvalue weighted by Crippen LogP contribution is -2.04. The predicted octanol–water partition coefficient (Wildman–Crippen LogP) is 5.24. The zero-order chi connectivity index (χ0) is 14.0. The van der Waals surface area contributed by atoms with E-state index in [9.17, 15) is 13.2 Å². The van der Waals surface area contributed by atoms with Gasteiger partial charge in [-0.05, 0) is 47.7 Å². The molecule has 2 aromatic carbocycles. The fraction of sp³-hybridized carbons (Fsp3) is 0.250. The third-order valence-electron chi connectivity index (χ3n) is 3.35. The van der Waals surface area contributed by atoms with E-state index in [1.165, 1.54) is 17.7 Å². The first-order valence-electron chi connectivity index (χ1n) is 6.19. The molecule has 0 amide bonds. The zero-order valence-electron chi connectivity index (χ0n) is 10.9. The van der Waals surface area contributed by atoms with Crippen molar-refractivity contribution in [2.24, 2.45) is 0 Å². The fourth-order valence-corrected chi connectivity index (χ4v) is 2.22. The van der Waals surface area contributed by atoms with Crippen LogP contribution in [0.2, 0.25) is 0 Å². The summed E-state index contributed by atoms with van der Waals surface area (Å²) in [6.07, 6.45) is -3.36. The molecule has 0 saturated carbocycles. The lowest BCUT2D eigenvalue weighted by atomic mass is 9.95. The molecular formula is C16H15F3. The Bertz CT molecular complexity index is 566. The molecule has 0 aromatic heterocycles. The van der Waals surface area contributed by atoms with Crippen LogP contribution < -0.4 is 0 Å². The van der Waals surface area contributed by atoms with Crippen molar-refractivity contribution in [1.29, 1.82) is 0 Å². The first-order valence-corrected chi connectivity index (χ1v) is 6.19. The van der Waals surface area contributed by atoms with Gasteiger partial charge in [-0.3, -0.25) is 0 Å². The maximum absolute atomic E-state index is 12.5. The summed E-state index contributed by atoms with van der Waals surface area (Å²) in [5.74, 6) is 0. The molecule has 0 aliphatic rings. The Balaban J connectivity index is 2.43. The number of hydrogen-bond acceptors (Lipinski definition) is 0. The second-order valence-corrected chi connectivity index (χ2v) is 4.52. The summed E-state index contributed by atoms with van der Waals surface area (Å²) in [5.41, 5.74) is 3.55. The first-order chi connectivity index (χ1) is 8.93. The summed E-state index contributed by atoms with van der Waals surface area (Å²) in [4.78, 5) is 0. The monoisotopic (exact) mass is 264 g/mol. The van der Waals surface area contributed by atoms with E-state index >= 15 is 0 Å². The van der Waals surface area contributed by atoms with Crippen LogP contribution in [0.4, 0.5) is 13.2 Å². The first kappa shape index (κ1) is 13.7. The summed E-state index contributed by atoms with van der Waals surface area (Å²) in [6, 6.07) is 11.3. The van der Waals surface area contributed by atoms with Gasteiger partial charge in [0.2, 0.25) is 0 Å². The Morgan fingerprint density at radius 2 is 1.58 bits per heavy atom. The third kappa shape index (κ3) is 2.80. The lowest BCUT2D eigenvalue weighted by molar-refractivity contribution is -0.137. The molecule has 0 spiro atoms. The van der Waals surface area contributed by atoms with E-state index in [-0.39, 0.29) is 0 Å². The van der Waals surface area contributed by atoms with E-state index in [1.54, 1.807) is 0 Å². The molecule has 0 radical (unpaired) electrons. The highest BCUT2D eigenvalue weighted by Crippen LogP contribution is 2.32. The van der Waals surface area contributed by atoms with Crippen LogP contribution in [0.15, 0.2) is 42.5 Å². The quantitative estimate of drug-likeness (QED) is 0.695. The number of aryl methyl sites for hydroxylation is 1. The van der Waals surface area contributed by atoms with E-state index in [0.29, 0.717) is 0 Å². The molecule has 19 heavy (non-hydrogen) atoms. The molecule has 0 unspecified atom stereocenters. The maximum Gasteiger partial charge on any atom is 0.416 e. The summed E-state index contributed by atoms with van der Waals surface area (Å²) in [7, 11) is 0. The van der Waals surface area contributed by atoms with Crippen molar-refractivity contribution in [2.75, 3.05) is 0 Å². The van der Waals surface area contributed by atoms with E-state index in [4.69, 9.17) is 0 Å². The topological polar surface area (TPSA) is 0 Å². The van der Waals surface area contributed by atoms with Gasteiger partial charge in [0, 0.05) is 0 Å². The van der Waals surface area contributed by atoms with Gasteiger partial charge in [-0.1, -0.05) is 37.3 Å². The van der Waals surface area contributed by atoms with Crippen molar-refractivity contribution in [3.63, 3.8) is 0 Å². The van der Waals surface area contributed by atoms with Crippen molar-refractivity contribution < 1.29 is 13.2 Å². The fourth-order valence-electron chi connectivity index (χ4n) is 2.22. The molecule has 2 rings (SSSR count). The molecule has 3 heteroatoms. The van der Waals surface area contributed by atoms with Crippen molar-refractivity contribution in [3.05, 3.63) is 59.2 Å². The van der Waals surface area contributed by atoms with Gasteiger partial charge < -0.3 is 0 Å². The average Bonchev–Trinajstić information content (AvgIpc) is 2.38. The molecule has 2 aromatic rings. The highest BCUT2D eigenvalue weighted by atomic mass is 19.4. The Labute approximate surface area is 110 Å². The molecule has 0 aliphatic carbocycles. The van der Waals surface area contributed by atoms with Crippen molar-refractivity contribution in [1.82, 2.24) is 0 Å². The maximum atomic E-state index is 12.5. The van der Waals surface area contributed by atoms with E-state index in [2.05, 4.69) is 6.92 Å². The van der Waals surface area contributed by atoms with Gasteiger partial charge in [0.25, 0.3) is 0 Å². The minimum absolute atomic E-state index is 0.611. The molecule has 0 fully saturated rings. The van der Waals surface area contributed by atoms with Gasteiger partial charge in [0.05, 0.1) is 5.56 Å². The minimum Gasteiger partial charge on any atom is -0.166 e. The highest BCUT2D eigenvalue weighted by Gasteiger charge is 2.29. The van der Waals surface area contributed by atoms with Crippen LogP contribution in [0.5, 0.6) is 0 Å². The standard InChI is InChI=1S/C16H15F3/c1-3-12-5-4-6-15(11(12)2)13-7-9-14(10-8-13)16(17,18)19/h4-10H,3H2,1-2H3. The number of rotatable bonds is 2. The number of halogens is 3. The smallest absolute Gasteiger partial charge is 0.166 e. The van der Waals surface area contributed by atoms with Crippen LogP contribution in [0, 0.1) is 6.92 Å². The van der Waals surface area contributed by atoms with Crippen molar-refractivity contribution in [2.45, 2.75) is 26.4 Å². The van der Waals surface area contributed by atoms with Gasteiger partial charge in [0.1, 0.15) is 0 Å².